The van der Waals surface area contributed by atoms with Crippen LogP contribution < -0.4 is 5.69 Å². The Labute approximate surface area is 126 Å². The Kier molecular flexibility index (Phi) is 4.47. The average molecular weight is 304 g/mol. The molecule has 6 heteroatoms. The lowest BCUT2D eigenvalue weighted by atomic mass is 10.1. The maximum atomic E-state index is 12.2. The Balaban J connectivity index is 2.68. The number of rotatable bonds is 4. The number of thioether (sulfide) groups is 1. The van der Waals surface area contributed by atoms with Gasteiger partial charge in [-0.2, -0.15) is 4.98 Å². The first-order valence-corrected chi connectivity index (χ1v) is 7.62. The van der Waals surface area contributed by atoms with E-state index in [2.05, 4.69) is 4.98 Å². The summed E-state index contributed by atoms with van der Waals surface area (Å²) in [5, 5.41) is 9.01. The van der Waals surface area contributed by atoms with E-state index in [-0.39, 0.29) is 6.42 Å². The first-order valence-electron chi connectivity index (χ1n) is 6.39. The van der Waals surface area contributed by atoms with Crippen LogP contribution in [0.3, 0.4) is 0 Å². The predicted molar refractivity (Wildman–Crippen MR) is 82.4 cm³/mol. The van der Waals surface area contributed by atoms with Crippen LogP contribution in [0.2, 0.25) is 0 Å². The fourth-order valence-corrected chi connectivity index (χ4v) is 2.72. The van der Waals surface area contributed by atoms with Crippen molar-refractivity contribution in [2.45, 2.75) is 25.2 Å². The van der Waals surface area contributed by atoms with E-state index in [1.807, 2.05) is 30.5 Å². The van der Waals surface area contributed by atoms with Gasteiger partial charge in [0.2, 0.25) is 0 Å². The standard InChI is InChI=1S/C15H16N2O3S/c1-9-13(8-14(18)19)10(2)17(15(20)16-9)11-5-4-6-12(7-11)21-3/h4-7H,8H2,1-3H3,(H,18,19). The Morgan fingerprint density at radius 2 is 2.10 bits per heavy atom. The fraction of sp³-hybridized carbons (Fsp3) is 0.267. The van der Waals surface area contributed by atoms with Crippen LogP contribution in [0.1, 0.15) is 17.0 Å². The summed E-state index contributed by atoms with van der Waals surface area (Å²) in [5.41, 5.74) is 1.97. The maximum absolute atomic E-state index is 12.2. The highest BCUT2D eigenvalue weighted by Crippen LogP contribution is 2.20. The van der Waals surface area contributed by atoms with Crippen molar-refractivity contribution in [1.82, 2.24) is 9.55 Å². The number of hydrogen-bond acceptors (Lipinski definition) is 4. The van der Waals surface area contributed by atoms with E-state index in [1.165, 1.54) is 4.57 Å². The van der Waals surface area contributed by atoms with Crippen molar-refractivity contribution in [2.24, 2.45) is 0 Å². The SMILES string of the molecule is CSc1cccc(-n2c(C)c(CC(=O)O)c(C)nc2=O)c1. The number of nitrogens with zero attached hydrogens (tertiary/aromatic N) is 2. The van der Waals surface area contributed by atoms with Gasteiger partial charge in [-0.25, -0.2) is 4.79 Å². The molecule has 0 spiro atoms. The Morgan fingerprint density at radius 3 is 2.71 bits per heavy atom. The molecule has 0 unspecified atom stereocenters. The minimum Gasteiger partial charge on any atom is -0.481 e. The molecule has 1 N–H and O–H groups in total. The molecular weight excluding hydrogens is 288 g/mol. The van der Waals surface area contributed by atoms with Crippen molar-refractivity contribution in [3.05, 3.63) is 51.7 Å². The number of hydrogen-bond donors (Lipinski definition) is 1. The number of aryl methyl sites for hydroxylation is 1. The normalized spacial score (nSPS) is 10.6. The summed E-state index contributed by atoms with van der Waals surface area (Å²) in [5.74, 6) is -0.939. The van der Waals surface area contributed by atoms with Crippen molar-refractivity contribution in [2.75, 3.05) is 6.26 Å². The van der Waals surface area contributed by atoms with Crippen LogP contribution in [0, 0.1) is 13.8 Å². The molecule has 1 aromatic heterocycles. The molecular formula is C15H16N2O3S. The minimum absolute atomic E-state index is 0.146. The van der Waals surface area contributed by atoms with Crippen LogP contribution in [-0.2, 0) is 11.2 Å². The molecule has 1 heterocycles. The summed E-state index contributed by atoms with van der Waals surface area (Å²) in [7, 11) is 0. The highest BCUT2D eigenvalue weighted by Gasteiger charge is 2.15. The molecule has 1 aromatic carbocycles. The maximum Gasteiger partial charge on any atom is 0.352 e. The Bertz CT molecular complexity index is 753. The van der Waals surface area contributed by atoms with Crippen LogP contribution in [0.25, 0.3) is 5.69 Å². The Morgan fingerprint density at radius 1 is 1.38 bits per heavy atom. The molecule has 21 heavy (non-hydrogen) atoms. The number of aromatic nitrogens is 2. The van der Waals surface area contributed by atoms with Gasteiger partial charge in [0.25, 0.3) is 0 Å². The third kappa shape index (κ3) is 3.16. The number of carbonyl (C=O) groups is 1. The largest absolute Gasteiger partial charge is 0.481 e. The number of aliphatic carboxylic acids is 1. The van der Waals surface area contributed by atoms with Gasteiger partial charge in [-0.15, -0.1) is 11.8 Å². The van der Waals surface area contributed by atoms with Gasteiger partial charge in [0.05, 0.1) is 12.1 Å². The van der Waals surface area contributed by atoms with Gasteiger partial charge in [0.15, 0.2) is 0 Å². The van der Waals surface area contributed by atoms with Crippen molar-refractivity contribution >= 4 is 17.7 Å². The van der Waals surface area contributed by atoms with Crippen molar-refractivity contribution < 1.29 is 9.90 Å². The molecule has 0 aliphatic heterocycles. The molecule has 0 bridgehead atoms. The van der Waals surface area contributed by atoms with Gasteiger partial charge in [0, 0.05) is 21.8 Å². The second-order valence-electron chi connectivity index (χ2n) is 4.65. The molecule has 2 aromatic rings. The van der Waals surface area contributed by atoms with Crippen LogP contribution in [0.4, 0.5) is 0 Å². The molecule has 0 amide bonds. The second kappa shape index (κ2) is 6.13. The van der Waals surface area contributed by atoms with Crippen molar-refractivity contribution in [1.29, 1.82) is 0 Å². The lowest BCUT2D eigenvalue weighted by Gasteiger charge is -2.15. The first kappa shape index (κ1) is 15.3. The van der Waals surface area contributed by atoms with Gasteiger partial charge in [-0.3, -0.25) is 9.36 Å². The van der Waals surface area contributed by atoms with Crippen LogP contribution >= 0.6 is 11.8 Å². The third-order valence-electron chi connectivity index (χ3n) is 3.30. The number of carboxylic acid groups (broad SMARTS) is 1. The van der Waals surface area contributed by atoms with E-state index in [9.17, 15) is 9.59 Å². The predicted octanol–water partition coefficient (Wildman–Crippen LogP) is 2.20. The molecule has 0 saturated heterocycles. The number of benzene rings is 1. The highest BCUT2D eigenvalue weighted by molar-refractivity contribution is 7.98. The van der Waals surface area contributed by atoms with Gasteiger partial charge < -0.3 is 5.11 Å². The summed E-state index contributed by atoms with van der Waals surface area (Å²) < 4.78 is 1.46. The van der Waals surface area contributed by atoms with Crippen molar-refractivity contribution in [3.63, 3.8) is 0 Å². The molecule has 0 aliphatic rings. The molecule has 0 aliphatic carbocycles. The summed E-state index contributed by atoms with van der Waals surface area (Å²) in [4.78, 5) is 28.2. The smallest absolute Gasteiger partial charge is 0.352 e. The van der Waals surface area contributed by atoms with E-state index in [4.69, 9.17) is 5.11 Å². The lowest BCUT2D eigenvalue weighted by molar-refractivity contribution is -0.136. The van der Waals surface area contributed by atoms with E-state index in [0.29, 0.717) is 22.6 Å². The molecule has 0 radical (unpaired) electrons. The van der Waals surface area contributed by atoms with E-state index in [0.717, 1.165) is 4.90 Å². The van der Waals surface area contributed by atoms with E-state index in [1.54, 1.807) is 25.6 Å². The van der Waals surface area contributed by atoms with Gasteiger partial charge in [-0.05, 0) is 38.3 Å². The zero-order valence-electron chi connectivity index (χ0n) is 12.1. The van der Waals surface area contributed by atoms with Crippen LogP contribution in [-0.4, -0.2) is 26.9 Å². The van der Waals surface area contributed by atoms with Crippen molar-refractivity contribution in [3.8, 4) is 5.69 Å². The third-order valence-corrected chi connectivity index (χ3v) is 4.03. The quantitative estimate of drug-likeness (QED) is 0.877. The lowest BCUT2D eigenvalue weighted by Crippen LogP contribution is -2.27. The molecule has 0 atom stereocenters. The summed E-state index contributed by atoms with van der Waals surface area (Å²) >= 11 is 1.58. The molecule has 5 nitrogen and oxygen atoms in total. The molecule has 0 saturated carbocycles. The summed E-state index contributed by atoms with van der Waals surface area (Å²) in [6, 6.07) is 7.52. The van der Waals surface area contributed by atoms with Crippen LogP contribution in [0.15, 0.2) is 34.0 Å². The average Bonchev–Trinajstić information content (AvgIpc) is 2.43. The fourth-order valence-electron chi connectivity index (χ4n) is 2.26. The summed E-state index contributed by atoms with van der Waals surface area (Å²) in [6.45, 7) is 3.41. The number of carboxylic acids is 1. The van der Waals surface area contributed by atoms with Gasteiger partial charge in [-0.1, -0.05) is 6.07 Å². The second-order valence-corrected chi connectivity index (χ2v) is 5.53. The van der Waals surface area contributed by atoms with Gasteiger partial charge in [0.1, 0.15) is 0 Å². The first-order chi connectivity index (χ1) is 9.93. The molecule has 2 rings (SSSR count). The highest BCUT2D eigenvalue weighted by atomic mass is 32.2. The molecule has 0 fully saturated rings. The Hall–Kier alpha value is -2.08. The topological polar surface area (TPSA) is 72.2 Å². The van der Waals surface area contributed by atoms with Crippen LogP contribution in [0.5, 0.6) is 0 Å². The molecule has 110 valence electrons. The van der Waals surface area contributed by atoms with E-state index >= 15 is 0 Å². The minimum atomic E-state index is -0.939. The van der Waals surface area contributed by atoms with Gasteiger partial charge >= 0.3 is 11.7 Å². The zero-order chi connectivity index (χ0) is 15.6. The van der Waals surface area contributed by atoms with E-state index < -0.39 is 11.7 Å². The summed E-state index contributed by atoms with van der Waals surface area (Å²) in [6.07, 6.45) is 1.81. The monoisotopic (exact) mass is 304 g/mol. The zero-order valence-corrected chi connectivity index (χ0v) is 12.9.